The minimum atomic E-state index is 0.376. The third-order valence-electron chi connectivity index (χ3n) is 3.08. The highest BCUT2D eigenvalue weighted by atomic mass is 16.1. The molecular weight excluding hydrogens is 210 g/mol. The summed E-state index contributed by atoms with van der Waals surface area (Å²) in [6.07, 6.45) is 4.28. The zero-order valence-corrected chi connectivity index (χ0v) is 10.7. The molecule has 2 N–H and O–H groups in total. The van der Waals surface area contributed by atoms with E-state index in [1.807, 2.05) is 18.2 Å². The molecule has 0 aliphatic rings. The molecule has 94 valence electrons. The van der Waals surface area contributed by atoms with Crippen molar-refractivity contribution in [3.8, 4) is 0 Å². The van der Waals surface area contributed by atoms with E-state index in [4.69, 9.17) is 5.73 Å². The first-order valence-corrected chi connectivity index (χ1v) is 6.48. The first kappa shape index (κ1) is 13.9. The molecular formula is C15H23NO. The standard InChI is InChI=1S/C15H23NO/c1-13(12-16)10-11-15(17)9-5-8-14-6-3-2-4-7-14/h2-4,6-7,13H,5,8-12,16H2,1H3. The van der Waals surface area contributed by atoms with Crippen LogP contribution in [0, 0.1) is 5.92 Å². The Balaban J connectivity index is 2.12. The molecule has 1 unspecified atom stereocenters. The summed E-state index contributed by atoms with van der Waals surface area (Å²) in [5.74, 6) is 0.842. The van der Waals surface area contributed by atoms with Crippen LogP contribution >= 0.6 is 0 Å². The maximum Gasteiger partial charge on any atom is 0.132 e. The fourth-order valence-electron chi connectivity index (χ4n) is 1.78. The smallest absolute Gasteiger partial charge is 0.132 e. The van der Waals surface area contributed by atoms with Crippen LogP contribution in [0.5, 0.6) is 0 Å². The molecule has 0 fully saturated rings. The predicted octanol–water partition coefficient (Wildman–Crippen LogP) is 2.95. The van der Waals surface area contributed by atoms with Crippen molar-refractivity contribution < 1.29 is 4.79 Å². The maximum absolute atomic E-state index is 11.6. The highest BCUT2D eigenvalue weighted by molar-refractivity contribution is 5.78. The number of nitrogens with two attached hydrogens (primary N) is 1. The zero-order chi connectivity index (χ0) is 12.5. The lowest BCUT2D eigenvalue weighted by molar-refractivity contribution is -0.119. The molecule has 0 bridgehead atoms. The van der Waals surface area contributed by atoms with Crippen molar-refractivity contribution in [2.45, 2.75) is 39.0 Å². The second kappa shape index (κ2) is 8.02. The van der Waals surface area contributed by atoms with Crippen LogP contribution in [-0.2, 0) is 11.2 Å². The second-order valence-corrected chi connectivity index (χ2v) is 4.76. The molecule has 1 rings (SSSR count). The molecule has 0 aliphatic carbocycles. The number of aryl methyl sites for hydroxylation is 1. The Morgan fingerprint density at radius 1 is 1.24 bits per heavy atom. The largest absolute Gasteiger partial charge is 0.330 e. The maximum atomic E-state index is 11.6. The summed E-state index contributed by atoms with van der Waals surface area (Å²) in [6, 6.07) is 10.3. The first-order valence-electron chi connectivity index (χ1n) is 6.48. The van der Waals surface area contributed by atoms with E-state index in [-0.39, 0.29) is 0 Å². The van der Waals surface area contributed by atoms with Gasteiger partial charge in [-0.1, -0.05) is 37.3 Å². The summed E-state index contributed by atoms with van der Waals surface area (Å²) in [5, 5.41) is 0. The Labute approximate surface area is 104 Å². The summed E-state index contributed by atoms with van der Waals surface area (Å²) >= 11 is 0. The number of rotatable bonds is 8. The Morgan fingerprint density at radius 3 is 2.59 bits per heavy atom. The molecule has 0 aliphatic heterocycles. The normalized spacial score (nSPS) is 12.4. The summed E-state index contributed by atoms with van der Waals surface area (Å²) in [5.41, 5.74) is 6.84. The number of hydrogen-bond donors (Lipinski definition) is 1. The molecule has 1 aromatic carbocycles. The van der Waals surface area contributed by atoms with Crippen LogP contribution in [0.2, 0.25) is 0 Å². The van der Waals surface area contributed by atoms with Crippen molar-refractivity contribution >= 4 is 5.78 Å². The van der Waals surface area contributed by atoms with Crippen LogP contribution < -0.4 is 5.73 Å². The summed E-state index contributed by atoms with van der Waals surface area (Å²) in [7, 11) is 0. The molecule has 0 heterocycles. The van der Waals surface area contributed by atoms with Crippen LogP contribution in [-0.4, -0.2) is 12.3 Å². The number of ketones is 1. The van der Waals surface area contributed by atoms with E-state index in [1.54, 1.807) is 0 Å². The van der Waals surface area contributed by atoms with Gasteiger partial charge in [0.1, 0.15) is 5.78 Å². The topological polar surface area (TPSA) is 43.1 Å². The average Bonchev–Trinajstić information content (AvgIpc) is 2.37. The van der Waals surface area contributed by atoms with E-state index in [2.05, 4.69) is 19.1 Å². The second-order valence-electron chi connectivity index (χ2n) is 4.76. The lowest BCUT2D eigenvalue weighted by Gasteiger charge is -2.07. The van der Waals surface area contributed by atoms with Crippen molar-refractivity contribution in [3.63, 3.8) is 0 Å². The average molecular weight is 233 g/mol. The number of carbonyl (C=O) groups excluding carboxylic acids is 1. The van der Waals surface area contributed by atoms with Gasteiger partial charge in [0.05, 0.1) is 0 Å². The molecule has 0 aromatic heterocycles. The lowest BCUT2D eigenvalue weighted by Crippen LogP contribution is -2.12. The molecule has 2 heteroatoms. The van der Waals surface area contributed by atoms with Crippen molar-refractivity contribution in [2.75, 3.05) is 6.54 Å². The number of carbonyl (C=O) groups is 1. The molecule has 0 spiro atoms. The van der Waals surface area contributed by atoms with Gasteiger partial charge >= 0.3 is 0 Å². The highest BCUT2D eigenvalue weighted by Crippen LogP contribution is 2.09. The first-order chi connectivity index (χ1) is 8.22. The van der Waals surface area contributed by atoms with Gasteiger partial charge in [-0.15, -0.1) is 0 Å². The Morgan fingerprint density at radius 2 is 1.94 bits per heavy atom. The Hall–Kier alpha value is -1.15. The van der Waals surface area contributed by atoms with Gasteiger partial charge in [-0.3, -0.25) is 4.79 Å². The van der Waals surface area contributed by atoms with Gasteiger partial charge in [0.15, 0.2) is 0 Å². The van der Waals surface area contributed by atoms with Gasteiger partial charge in [0, 0.05) is 12.8 Å². The minimum Gasteiger partial charge on any atom is -0.330 e. The van der Waals surface area contributed by atoms with Gasteiger partial charge in [-0.05, 0) is 37.3 Å². The van der Waals surface area contributed by atoms with Crippen molar-refractivity contribution in [3.05, 3.63) is 35.9 Å². The van der Waals surface area contributed by atoms with Crippen molar-refractivity contribution in [2.24, 2.45) is 11.7 Å². The Kier molecular flexibility index (Phi) is 6.56. The molecule has 0 radical (unpaired) electrons. The fraction of sp³-hybridized carbons (Fsp3) is 0.533. The highest BCUT2D eigenvalue weighted by Gasteiger charge is 2.05. The quantitative estimate of drug-likeness (QED) is 0.750. The number of benzene rings is 1. The predicted molar refractivity (Wildman–Crippen MR) is 71.8 cm³/mol. The molecule has 0 amide bonds. The van der Waals surface area contributed by atoms with Crippen LogP contribution in [0.1, 0.15) is 38.2 Å². The van der Waals surface area contributed by atoms with Crippen molar-refractivity contribution in [1.82, 2.24) is 0 Å². The van der Waals surface area contributed by atoms with E-state index < -0.39 is 0 Å². The molecule has 1 atom stereocenters. The summed E-state index contributed by atoms with van der Waals surface area (Å²) in [4.78, 5) is 11.6. The van der Waals surface area contributed by atoms with Gasteiger partial charge in [0.25, 0.3) is 0 Å². The fourth-order valence-corrected chi connectivity index (χ4v) is 1.78. The van der Waals surface area contributed by atoms with Gasteiger partial charge < -0.3 is 5.73 Å². The van der Waals surface area contributed by atoms with E-state index in [9.17, 15) is 4.79 Å². The summed E-state index contributed by atoms with van der Waals surface area (Å²) in [6.45, 7) is 2.77. The SMILES string of the molecule is CC(CN)CCC(=O)CCCc1ccccc1. The van der Waals surface area contributed by atoms with E-state index in [1.165, 1.54) is 5.56 Å². The molecule has 1 aromatic rings. The van der Waals surface area contributed by atoms with E-state index in [0.29, 0.717) is 31.1 Å². The third kappa shape index (κ3) is 6.22. The Bertz CT molecular complexity index is 321. The molecule has 0 saturated heterocycles. The van der Waals surface area contributed by atoms with Gasteiger partial charge in [-0.25, -0.2) is 0 Å². The van der Waals surface area contributed by atoms with Gasteiger partial charge in [0.2, 0.25) is 0 Å². The number of hydrogen-bond acceptors (Lipinski definition) is 2. The minimum absolute atomic E-state index is 0.376. The van der Waals surface area contributed by atoms with Crippen LogP contribution in [0.25, 0.3) is 0 Å². The lowest BCUT2D eigenvalue weighted by atomic mass is 10.0. The molecule has 2 nitrogen and oxygen atoms in total. The van der Waals surface area contributed by atoms with Gasteiger partial charge in [-0.2, -0.15) is 0 Å². The van der Waals surface area contributed by atoms with Crippen molar-refractivity contribution in [1.29, 1.82) is 0 Å². The van der Waals surface area contributed by atoms with E-state index in [0.717, 1.165) is 19.3 Å². The third-order valence-corrected chi connectivity index (χ3v) is 3.08. The molecule has 17 heavy (non-hydrogen) atoms. The van der Waals surface area contributed by atoms with Crippen LogP contribution in [0.3, 0.4) is 0 Å². The zero-order valence-electron chi connectivity index (χ0n) is 10.7. The van der Waals surface area contributed by atoms with Crippen LogP contribution in [0.4, 0.5) is 0 Å². The molecule has 0 saturated carbocycles. The number of Topliss-reactive ketones (excluding diaryl/α,β-unsaturated/α-hetero) is 1. The summed E-state index contributed by atoms with van der Waals surface area (Å²) < 4.78 is 0. The monoisotopic (exact) mass is 233 g/mol. The van der Waals surface area contributed by atoms with E-state index >= 15 is 0 Å². The van der Waals surface area contributed by atoms with Crippen LogP contribution in [0.15, 0.2) is 30.3 Å².